The van der Waals surface area contributed by atoms with E-state index in [1.165, 1.54) is 38.5 Å². The van der Waals surface area contributed by atoms with Crippen molar-refractivity contribution in [1.82, 2.24) is 0 Å². The molecular formula is C18H40O3Si. The second-order valence-electron chi connectivity index (χ2n) is 7.30. The second kappa shape index (κ2) is 12.5. The van der Waals surface area contributed by atoms with Gasteiger partial charge in [-0.05, 0) is 24.2 Å². The van der Waals surface area contributed by atoms with Crippen LogP contribution < -0.4 is 0 Å². The Kier molecular flexibility index (Phi) is 12.6. The van der Waals surface area contributed by atoms with Crippen molar-refractivity contribution >= 4 is 8.80 Å². The zero-order valence-electron chi connectivity index (χ0n) is 16.1. The number of hydrogen-bond acceptors (Lipinski definition) is 3. The van der Waals surface area contributed by atoms with Gasteiger partial charge in [0.25, 0.3) is 0 Å². The fourth-order valence-electron chi connectivity index (χ4n) is 2.96. The highest BCUT2D eigenvalue weighted by Crippen LogP contribution is 2.24. The molecule has 0 aliphatic heterocycles. The fraction of sp³-hybridized carbons (Fsp3) is 1.00. The van der Waals surface area contributed by atoms with Crippen molar-refractivity contribution in [3.63, 3.8) is 0 Å². The van der Waals surface area contributed by atoms with Crippen molar-refractivity contribution in [2.75, 3.05) is 21.3 Å². The van der Waals surface area contributed by atoms with Gasteiger partial charge < -0.3 is 13.3 Å². The van der Waals surface area contributed by atoms with Crippen molar-refractivity contribution in [2.24, 2.45) is 17.8 Å². The Morgan fingerprint density at radius 2 is 1.05 bits per heavy atom. The highest BCUT2D eigenvalue weighted by atomic mass is 28.4. The molecule has 0 fully saturated rings. The van der Waals surface area contributed by atoms with E-state index in [-0.39, 0.29) is 0 Å². The van der Waals surface area contributed by atoms with E-state index in [0.29, 0.717) is 0 Å². The Hall–Kier alpha value is 0.0969. The van der Waals surface area contributed by atoms with Crippen LogP contribution in [0, 0.1) is 17.8 Å². The summed E-state index contributed by atoms with van der Waals surface area (Å²) in [5.41, 5.74) is 0. The predicted molar refractivity (Wildman–Crippen MR) is 97.1 cm³/mol. The number of hydrogen-bond donors (Lipinski definition) is 0. The highest BCUT2D eigenvalue weighted by molar-refractivity contribution is 6.60. The third kappa shape index (κ3) is 9.98. The predicted octanol–water partition coefficient (Wildman–Crippen LogP) is 5.52. The zero-order chi connectivity index (χ0) is 17.0. The molecule has 0 saturated carbocycles. The molecule has 3 nitrogen and oxygen atoms in total. The third-order valence-corrected chi connectivity index (χ3v) is 7.52. The smallest absolute Gasteiger partial charge is 0.377 e. The SMILES string of the molecule is CO[Si](CCC(C)CCCC(C)CCCC(C)C)(OC)OC. The molecule has 0 aromatic heterocycles. The molecule has 2 atom stereocenters. The summed E-state index contributed by atoms with van der Waals surface area (Å²) in [6, 6.07) is 0.918. The average molecular weight is 333 g/mol. The Morgan fingerprint density at radius 1 is 0.636 bits per heavy atom. The lowest BCUT2D eigenvalue weighted by atomic mass is 9.93. The molecular weight excluding hydrogens is 292 g/mol. The Bertz CT molecular complexity index is 246. The minimum Gasteiger partial charge on any atom is -0.377 e. The first-order valence-corrected chi connectivity index (χ1v) is 11.0. The third-order valence-electron chi connectivity index (χ3n) is 4.75. The van der Waals surface area contributed by atoms with Gasteiger partial charge in [-0.15, -0.1) is 0 Å². The maximum atomic E-state index is 5.49. The van der Waals surface area contributed by atoms with Gasteiger partial charge in [-0.1, -0.05) is 66.2 Å². The molecule has 0 aromatic rings. The van der Waals surface area contributed by atoms with Gasteiger partial charge in [-0.2, -0.15) is 0 Å². The van der Waals surface area contributed by atoms with Gasteiger partial charge in [-0.25, -0.2) is 0 Å². The zero-order valence-corrected chi connectivity index (χ0v) is 17.1. The van der Waals surface area contributed by atoms with E-state index in [2.05, 4.69) is 27.7 Å². The van der Waals surface area contributed by atoms with Gasteiger partial charge in [0, 0.05) is 27.4 Å². The maximum Gasteiger partial charge on any atom is 0.500 e. The quantitative estimate of drug-likeness (QED) is 0.392. The molecule has 134 valence electrons. The summed E-state index contributed by atoms with van der Waals surface area (Å²) in [4.78, 5) is 0. The molecule has 0 aliphatic rings. The van der Waals surface area contributed by atoms with Gasteiger partial charge in [0.1, 0.15) is 0 Å². The van der Waals surface area contributed by atoms with Crippen molar-refractivity contribution < 1.29 is 13.3 Å². The lowest BCUT2D eigenvalue weighted by Gasteiger charge is -2.25. The van der Waals surface area contributed by atoms with E-state index in [1.807, 2.05) is 0 Å². The lowest BCUT2D eigenvalue weighted by molar-refractivity contribution is 0.121. The van der Waals surface area contributed by atoms with E-state index >= 15 is 0 Å². The summed E-state index contributed by atoms with van der Waals surface area (Å²) in [7, 11) is 2.72. The van der Waals surface area contributed by atoms with Crippen LogP contribution in [0.2, 0.25) is 6.04 Å². The Labute approximate surface area is 140 Å². The maximum absolute atomic E-state index is 5.49. The molecule has 0 rings (SSSR count). The van der Waals surface area contributed by atoms with Crippen molar-refractivity contribution in [3.8, 4) is 0 Å². The molecule has 0 amide bonds. The van der Waals surface area contributed by atoms with Crippen LogP contribution in [0.3, 0.4) is 0 Å². The molecule has 0 bridgehead atoms. The Balaban J connectivity index is 3.78. The van der Waals surface area contributed by atoms with E-state index < -0.39 is 8.80 Å². The van der Waals surface area contributed by atoms with Crippen molar-refractivity contribution in [2.45, 2.75) is 78.7 Å². The summed E-state index contributed by atoms with van der Waals surface area (Å²) < 4.78 is 16.5. The average Bonchev–Trinajstić information content (AvgIpc) is 2.49. The fourth-order valence-corrected chi connectivity index (χ4v) is 4.92. The summed E-state index contributed by atoms with van der Waals surface area (Å²) >= 11 is 0. The van der Waals surface area contributed by atoms with E-state index in [4.69, 9.17) is 13.3 Å². The van der Waals surface area contributed by atoms with Gasteiger partial charge in [0.2, 0.25) is 0 Å². The summed E-state index contributed by atoms with van der Waals surface area (Å²) in [6.07, 6.45) is 9.28. The largest absolute Gasteiger partial charge is 0.500 e. The van der Waals surface area contributed by atoms with Gasteiger partial charge in [0.05, 0.1) is 0 Å². The topological polar surface area (TPSA) is 27.7 Å². The molecule has 4 heteroatoms. The first kappa shape index (κ1) is 22.1. The van der Waals surface area contributed by atoms with E-state index in [1.54, 1.807) is 21.3 Å². The van der Waals surface area contributed by atoms with Crippen LogP contribution in [0.1, 0.15) is 72.6 Å². The molecule has 0 aromatic carbocycles. The summed E-state index contributed by atoms with van der Waals surface area (Å²) in [5, 5.41) is 0. The second-order valence-corrected chi connectivity index (χ2v) is 10.4. The van der Waals surface area contributed by atoms with Gasteiger partial charge >= 0.3 is 8.80 Å². The highest BCUT2D eigenvalue weighted by Gasteiger charge is 2.37. The Morgan fingerprint density at radius 3 is 1.45 bits per heavy atom. The molecule has 0 spiro atoms. The van der Waals surface area contributed by atoms with Crippen LogP contribution in [0.15, 0.2) is 0 Å². The summed E-state index contributed by atoms with van der Waals surface area (Å²) in [5.74, 6) is 2.44. The first-order chi connectivity index (χ1) is 10.4. The minimum atomic E-state index is -2.37. The van der Waals surface area contributed by atoms with E-state index in [0.717, 1.165) is 30.2 Å². The molecule has 2 unspecified atom stereocenters. The molecule has 0 heterocycles. The monoisotopic (exact) mass is 332 g/mol. The van der Waals surface area contributed by atoms with Crippen LogP contribution in [-0.4, -0.2) is 30.1 Å². The number of rotatable bonds is 14. The molecule has 0 saturated heterocycles. The van der Waals surface area contributed by atoms with Crippen molar-refractivity contribution in [1.29, 1.82) is 0 Å². The standard InChI is InChI=1S/C18H40O3Si/c1-16(2)10-8-11-17(3)12-9-13-18(4)14-15-22(19-5,20-6)21-7/h16-18H,8-15H2,1-7H3. The van der Waals surface area contributed by atoms with Gasteiger partial charge in [0.15, 0.2) is 0 Å². The van der Waals surface area contributed by atoms with Crippen LogP contribution in [0.25, 0.3) is 0 Å². The molecule has 0 N–H and O–H groups in total. The summed E-state index contributed by atoms with van der Waals surface area (Å²) in [6.45, 7) is 9.37. The normalized spacial score (nSPS) is 15.3. The van der Waals surface area contributed by atoms with Crippen LogP contribution in [0.4, 0.5) is 0 Å². The van der Waals surface area contributed by atoms with Crippen LogP contribution in [0.5, 0.6) is 0 Å². The van der Waals surface area contributed by atoms with E-state index in [9.17, 15) is 0 Å². The first-order valence-electron chi connectivity index (χ1n) is 9.04. The van der Waals surface area contributed by atoms with Gasteiger partial charge in [-0.3, -0.25) is 0 Å². The molecule has 0 aliphatic carbocycles. The molecule has 0 radical (unpaired) electrons. The lowest BCUT2D eigenvalue weighted by Crippen LogP contribution is -2.42. The molecule has 22 heavy (non-hydrogen) atoms. The van der Waals surface area contributed by atoms with Crippen molar-refractivity contribution in [3.05, 3.63) is 0 Å². The van der Waals surface area contributed by atoms with Crippen LogP contribution in [-0.2, 0) is 13.3 Å². The van der Waals surface area contributed by atoms with Crippen LogP contribution >= 0.6 is 0 Å². The minimum absolute atomic E-state index is 0.718.